The molecular formula is C18H16BrF3N2O2S. The van der Waals surface area contributed by atoms with Crippen LogP contribution in [0.4, 0.5) is 24.5 Å². The van der Waals surface area contributed by atoms with E-state index < -0.39 is 23.6 Å². The van der Waals surface area contributed by atoms with E-state index in [0.29, 0.717) is 5.75 Å². The van der Waals surface area contributed by atoms with Gasteiger partial charge in [-0.25, -0.2) is 0 Å². The Labute approximate surface area is 167 Å². The van der Waals surface area contributed by atoms with E-state index in [0.717, 1.165) is 27.6 Å². The van der Waals surface area contributed by atoms with E-state index in [1.54, 1.807) is 0 Å². The van der Waals surface area contributed by atoms with Crippen molar-refractivity contribution in [2.24, 2.45) is 0 Å². The Morgan fingerprint density at radius 2 is 1.78 bits per heavy atom. The molecule has 0 aliphatic carbocycles. The summed E-state index contributed by atoms with van der Waals surface area (Å²) in [6.45, 7) is 1.23. The summed E-state index contributed by atoms with van der Waals surface area (Å²) in [6.07, 6.45) is -4.45. The third-order valence-electron chi connectivity index (χ3n) is 3.36. The van der Waals surface area contributed by atoms with Gasteiger partial charge in [0.05, 0.1) is 16.9 Å². The Bertz CT molecular complexity index is 844. The van der Waals surface area contributed by atoms with Crippen molar-refractivity contribution in [1.29, 1.82) is 0 Å². The van der Waals surface area contributed by atoms with E-state index in [2.05, 4.69) is 26.6 Å². The summed E-state index contributed by atoms with van der Waals surface area (Å²) < 4.78 is 39.7. The van der Waals surface area contributed by atoms with Gasteiger partial charge in [-0.3, -0.25) is 9.59 Å². The first-order valence-electron chi connectivity index (χ1n) is 7.83. The summed E-state index contributed by atoms with van der Waals surface area (Å²) in [5.41, 5.74) is -0.882. The van der Waals surface area contributed by atoms with E-state index in [-0.39, 0.29) is 17.8 Å². The molecule has 0 saturated carbocycles. The second-order valence-corrected chi connectivity index (χ2v) is 7.51. The number of alkyl halides is 3. The van der Waals surface area contributed by atoms with E-state index in [1.165, 1.54) is 18.7 Å². The van der Waals surface area contributed by atoms with Gasteiger partial charge in [-0.2, -0.15) is 13.2 Å². The van der Waals surface area contributed by atoms with Gasteiger partial charge in [0, 0.05) is 28.5 Å². The van der Waals surface area contributed by atoms with E-state index in [4.69, 9.17) is 0 Å². The minimum absolute atomic E-state index is 0.0871. The highest BCUT2D eigenvalue weighted by atomic mass is 79.9. The quantitative estimate of drug-likeness (QED) is 0.555. The Hall–Kier alpha value is -2.00. The molecule has 0 spiro atoms. The minimum atomic E-state index is -4.55. The topological polar surface area (TPSA) is 58.2 Å². The van der Waals surface area contributed by atoms with Gasteiger partial charge in [0.15, 0.2) is 0 Å². The van der Waals surface area contributed by atoms with Crippen molar-refractivity contribution >= 4 is 50.9 Å². The molecule has 2 N–H and O–H groups in total. The number of carbonyl (C=O) groups excluding carboxylic acids is 2. The lowest BCUT2D eigenvalue weighted by atomic mass is 10.1. The second kappa shape index (κ2) is 9.27. The average Bonchev–Trinajstić information content (AvgIpc) is 2.57. The van der Waals surface area contributed by atoms with Gasteiger partial charge in [-0.15, -0.1) is 11.8 Å². The smallest absolute Gasteiger partial charge is 0.325 e. The largest absolute Gasteiger partial charge is 0.416 e. The first-order chi connectivity index (χ1) is 12.7. The molecular weight excluding hydrogens is 445 g/mol. The van der Waals surface area contributed by atoms with Crippen molar-refractivity contribution < 1.29 is 22.8 Å². The van der Waals surface area contributed by atoms with Crippen molar-refractivity contribution in [2.75, 3.05) is 16.4 Å². The molecule has 2 amide bonds. The predicted molar refractivity (Wildman–Crippen MR) is 104 cm³/mol. The number of halogens is 4. The Morgan fingerprint density at radius 3 is 2.41 bits per heavy atom. The van der Waals surface area contributed by atoms with Crippen LogP contribution in [0.1, 0.15) is 18.9 Å². The first kappa shape index (κ1) is 21.3. The number of benzene rings is 2. The molecule has 0 aliphatic rings. The van der Waals surface area contributed by atoms with Gasteiger partial charge in [-0.05, 0) is 46.3 Å². The van der Waals surface area contributed by atoms with Gasteiger partial charge in [0.1, 0.15) is 0 Å². The number of carbonyl (C=O) groups is 2. The van der Waals surface area contributed by atoms with Gasteiger partial charge in [0.25, 0.3) is 0 Å². The Balaban J connectivity index is 2.06. The highest BCUT2D eigenvalue weighted by Gasteiger charge is 2.31. The van der Waals surface area contributed by atoms with Crippen LogP contribution >= 0.6 is 27.7 Å². The summed E-state index contributed by atoms with van der Waals surface area (Å²) in [5, 5.41) is 4.86. The molecule has 2 aromatic rings. The number of thioether (sulfide) groups is 1. The van der Waals surface area contributed by atoms with Crippen LogP contribution in [0.2, 0.25) is 0 Å². The number of hydrogen-bond donors (Lipinski definition) is 2. The van der Waals surface area contributed by atoms with Gasteiger partial charge < -0.3 is 10.6 Å². The molecule has 0 unspecified atom stereocenters. The molecule has 144 valence electrons. The molecule has 27 heavy (non-hydrogen) atoms. The normalized spacial score (nSPS) is 11.1. The first-order valence-corrected chi connectivity index (χ1v) is 9.60. The van der Waals surface area contributed by atoms with Crippen LogP contribution in [0.15, 0.2) is 51.8 Å². The van der Waals surface area contributed by atoms with Gasteiger partial charge >= 0.3 is 6.18 Å². The lowest BCUT2D eigenvalue weighted by molar-refractivity contribution is -0.137. The summed E-state index contributed by atoms with van der Waals surface area (Å²) >= 11 is 4.86. The minimum Gasteiger partial charge on any atom is -0.325 e. The van der Waals surface area contributed by atoms with Gasteiger partial charge in [-0.1, -0.05) is 12.1 Å². The molecule has 2 aromatic carbocycles. The maximum absolute atomic E-state index is 12.9. The zero-order chi connectivity index (χ0) is 20.0. The number of nitrogens with one attached hydrogen (secondary N) is 2. The van der Waals surface area contributed by atoms with Crippen molar-refractivity contribution in [3.63, 3.8) is 0 Å². The number of amides is 2. The van der Waals surface area contributed by atoms with E-state index in [9.17, 15) is 22.8 Å². The zero-order valence-electron chi connectivity index (χ0n) is 14.2. The van der Waals surface area contributed by atoms with Crippen LogP contribution in [0, 0.1) is 0 Å². The zero-order valence-corrected chi connectivity index (χ0v) is 16.6. The molecule has 0 heterocycles. The fourth-order valence-electron chi connectivity index (χ4n) is 2.15. The summed E-state index contributed by atoms with van der Waals surface area (Å²) in [4.78, 5) is 24.4. The predicted octanol–water partition coefficient (Wildman–Crippen LogP) is 5.55. The number of hydrogen-bond acceptors (Lipinski definition) is 3. The SMILES string of the molecule is CC(=O)Nc1ccc(C(F)(F)F)cc1NC(=O)CCSc1ccccc1Br. The molecule has 0 fully saturated rings. The Morgan fingerprint density at radius 1 is 1.07 bits per heavy atom. The van der Waals surface area contributed by atoms with Crippen molar-refractivity contribution in [2.45, 2.75) is 24.4 Å². The molecule has 0 aliphatic heterocycles. The van der Waals surface area contributed by atoms with Crippen LogP contribution in [0.5, 0.6) is 0 Å². The van der Waals surface area contributed by atoms with Crippen molar-refractivity contribution in [3.8, 4) is 0 Å². The number of anilines is 2. The molecule has 4 nitrogen and oxygen atoms in total. The van der Waals surface area contributed by atoms with E-state index >= 15 is 0 Å². The molecule has 9 heteroatoms. The summed E-state index contributed by atoms with van der Waals surface area (Å²) in [7, 11) is 0. The second-order valence-electron chi connectivity index (χ2n) is 5.52. The summed E-state index contributed by atoms with van der Waals surface area (Å²) in [6, 6.07) is 10.3. The molecule has 0 atom stereocenters. The Kier molecular flexibility index (Phi) is 7.32. The monoisotopic (exact) mass is 460 g/mol. The van der Waals surface area contributed by atoms with Gasteiger partial charge in [0.2, 0.25) is 11.8 Å². The van der Waals surface area contributed by atoms with Crippen LogP contribution in [-0.2, 0) is 15.8 Å². The fraction of sp³-hybridized carbons (Fsp3) is 0.222. The van der Waals surface area contributed by atoms with E-state index in [1.807, 2.05) is 24.3 Å². The van der Waals surface area contributed by atoms with Crippen LogP contribution in [0.3, 0.4) is 0 Å². The average molecular weight is 461 g/mol. The molecule has 0 aromatic heterocycles. The van der Waals surface area contributed by atoms with Crippen LogP contribution in [0.25, 0.3) is 0 Å². The van der Waals surface area contributed by atoms with Crippen LogP contribution in [-0.4, -0.2) is 17.6 Å². The number of rotatable bonds is 6. The lowest BCUT2D eigenvalue weighted by Crippen LogP contribution is -2.16. The van der Waals surface area contributed by atoms with Crippen LogP contribution < -0.4 is 10.6 Å². The standard InChI is InChI=1S/C18H16BrF3N2O2S/c1-11(25)23-14-7-6-12(18(20,21)22)10-15(14)24-17(26)8-9-27-16-5-3-2-4-13(16)19/h2-7,10H,8-9H2,1H3,(H,23,25)(H,24,26). The highest BCUT2D eigenvalue weighted by molar-refractivity contribution is 9.10. The third-order valence-corrected chi connectivity index (χ3v) is 5.38. The maximum atomic E-state index is 12.9. The van der Waals surface area contributed by atoms with Crippen molar-refractivity contribution in [1.82, 2.24) is 0 Å². The molecule has 2 rings (SSSR count). The lowest BCUT2D eigenvalue weighted by Gasteiger charge is -2.15. The summed E-state index contributed by atoms with van der Waals surface area (Å²) in [5.74, 6) is -0.446. The molecule has 0 saturated heterocycles. The maximum Gasteiger partial charge on any atom is 0.416 e. The molecule has 0 bridgehead atoms. The highest BCUT2D eigenvalue weighted by Crippen LogP contribution is 2.34. The molecule has 0 radical (unpaired) electrons. The van der Waals surface area contributed by atoms with Crippen molar-refractivity contribution in [3.05, 3.63) is 52.5 Å². The third kappa shape index (κ3) is 6.59. The fourth-order valence-corrected chi connectivity index (χ4v) is 3.67.